The monoisotopic (exact) mass is 420 g/mol. The molecule has 1 atom stereocenters. The first-order valence-electron chi connectivity index (χ1n) is 9.90. The van der Waals surface area contributed by atoms with Crippen molar-refractivity contribution < 1.29 is 9.59 Å². The van der Waals surface area contributed by atoms with Gasteiger partial charge >= 0.3 is 0 Å². The van der Waals surface area contributed by atoms with E-state index in [1.165, 1.54) is 0 Å². The minimum Gasteiger partial charge on any atom is -0.342 e. The number of para-hydroxylation sites is 2. The zero-order valence-corrected chi connectivity index (χ0v) is 17.0. The van der Waals surface area contributed by atoms with Crippen molar-refractivity contribution in [3.05, 3.63) is 53.0 Å². The fourth-order valence-corrected chi connectivity index (χ4v) is 4.61. The Hall–Kier alpha value is -3.20. The molecule has 8 nitrogen and oxygen atoms in total. The summed E-state index contributed by atoms with van der Waals surface area (Å²) in [7, 11) is 0. The van der Waals surface area contributed by atoms with Crippen LogP contribution in [0.15, 0.2) is 41.4 Å². The Bertz CT molecular complexity index is 1120. The van der Waals surface area contributed by atoms with Gasteiger partial charge in [-0.2, -0.15) is 0 Å². The number of carbonyl (C=O) groups is 2. The maximum atomic E-state index is 11.8. The summed E-state index contributed by atoms with van der Waals surface area (Å²) in [5.74, 6) is 1.73. The molecule has 152 valence electrons. The summed E-state index contributed by atoms with van der Waals surface area (Å²) in [4.78, 5) is 42.8. The fourth-order valence-electron chi connectivity index (χ4n) is 3.94. The van der Waals surface area contributed by atoms with Crippen LogP contribution in [0.2, 0.25) is 0 Å². The Labute approximate surface area is 177 Å². The molecule has 9 heteroatoms. The molecular weight excluding hydrogens is 400 g/mol. The molecule has 0 saturated carbocycles. The molecule has 2 N–H and O–H groups in total. The lowest BCUT2D eigenvalue weighted by atomic mass is 9.95. The van der Waals surface area contributed by atoms with E-state index in [1.807, 2.05) is 24.3 Å². The van der Waals surface area contributed by atoms with Crippen LogP contribution in [-0.2, 0) is 11.2 Å². The summed E-state index contributed by atoms with van der Waals surface area (Å²) in [5.41, 5.74) is 2.68. The van der Waals surface area contributed by atoms with Gasteiger partial charge in [-0.25, -0.2) is 15.0 Å². The number of nitrogens with zero attached hydrogens (tertiary/aromatic N) is 4. The highest BCUT2D eigenvalue weighted by Gasteiger charge is 2.26. The number of rotatable bonds is 4. The number of fused-ring (bicyclic) bond motifs is 1. The predicted molar refractivity (Wildman–Crippen MR) is 116 cm³/mol. The second kappa shape index (κ2) is 7.91. The summed E-state index contributed by atoms with van der Waals surface area (Å²) >= 11 is 0.890. The highest BCUT2D eigenvalue weighted by atomic mass is 32.2. The summed E-state index contributed by atoms with van der Waals surface area (Å²) in [6.07, 6.45) is 6.40. The average Bonchev–Trinajstić information content (AvgIpc) is 3.29. The third-order valence-corrected chi connectivity index (χ3v) is 6.12. The van der Waals surface area contributed by atoms with Crippen molar-refractivity contribution in [2.75, 3.05) is 18.0 Å². The van der Waals surface area contributed by atoms with Gasteiger partial charge in [0.05, 0.1) is 21.6 Å². The molecule has 2 aliphatic heterocycles. The van der Waals surface area contributed by atoms with Crippen LogP contribution in [0.1, 0.15) is 24.4 Å². The molecule has 2 aliphatic rings. The van der Waals surface area contributed by atoms with Gasteiger partial charge in [0.2, 0.25) is 5.95 Å². The number of imidazole rings is 1. The van der Waals surface area contributed by atoms with Crippen molar-refractivity contribution in [1.29, 1.82) is 0 Å². The summed E-state index contributed by atoms with van der Waals surface area (Å²) in [6.45, 7) is 1.75. The number of carbonyl (C=O) groups excluding carboxylic acids is 2. The fraction of sp³-hybridized carbons (Fsp3) is 0.286. The Kier molecular flexibility index (Phi) is 4.96. The molecule has 4 heterocycles. The zero-order valence-electron chi connectivity index (χ0n) is 16.2. The maximum Gasteiger partial charge on any atom is 0.290 e. The quantitative estimate of drug-likeness (QED) is 0.625. The lowest BCUT2D eigenvalue weighted by Crippen LogP contribution is -2.37. The van der Waals surface area contributed by atoms with Gasteiger partial charge in [0.15, 0.2) is 0 Å². The molecule has 0 bridgehead atoms. The largest absolute Gasteiger partial charge is 0.342 e. The van der Waals surface area contributed by atoms with E-state index >= 15 is 0 Å². The van der Waals surface area contributed by atoms with E-state index in [0.29, 0.717) is 22.5 Å². The van der Waals surface area contributed by atoms with Gasteiger partial charge in [-0.15, -0.1) is 0 Å². The number of aromatic amines is 1. The maximum absolute atomic E-state index is 11.8. The van der Waals surface area contributed by atoms with Crippen molar-refractivity contribution in [2.45, 2.75) is 19.3 Å². The molecule has 1 unspecified atom stereocenters. The standard InChI is InChI=1S/C21H20N6O2S/c28-19-17(30-21(29)26-19)11-14-7-8-22-20(23-14)27-9-3-4-13(12-27)10-18-24-15-5-1-2-6-16(15)25-18/h1-2,5-8,11,13H,3-4,9-10,12H2,(H,24,25)(H,26,28,29). The summed E-state index contributed by atoms with van der Waals surface area (Å²) in [5, 5.41) is 1.90. The Morgan fingerprint density at radius 2 is 2.10 bits per heavy atom. The van der Waals surface area contributed by atoms with E-state index in [9.17, 15) is 9.59 Å². The molecule has 30 heavy (non-hydrogen) atoms. The molecule has 0 radical (unpaired) electrons. The van der Waals surface area contributed by atoms with Gasteiger partial charge in [0.1, 0.15) is 5.82 Å². The van der Waals surface area contributed by atoms with Crippen LogP contribution >= 0.6 is 11.8 Å². The first kappa shape index (κ1) is 18.8. The number of imide groups is 1. The van der Waals surface area contributed by atoms with Crippen LogP contribution in [0.5, 0.6) is 0 Å². The Balaban J connectivity index is 1.30. The van der Waals surface area contributed by atoms with Gasteiger partial charge < -0.3 is 9.88 Å². The van der Waals surface area contributed by atoms with Crippen molar-refractivity contribution in [2.24, 2.45) is 5.92 Å². The molecule has 0 spiro atoms. The minimum absolute atomic E-state index is 0.353. The Morgan fingerprint density at radius 1 is 1.20 bits per heavy atom. The van der Waals surface area contributed by atoms with Crippen LogP contribution < -0.4 is 10.2 Å². The van der Waals surface area contributed by atoms with Gasteiger partial charge in [0.25, 0.3) is 11.1 Å². The Morgan fingerprint density at radius 3 is 2.93 bits per heavy atom. The number of hydrogen-bond donors (Lipinski definition) is 2. The number of H-pyrrole nitrogens is 1. The molecule has 3 aromatic rings. The normalized spacial score (nSPS) is 20.9. The smallest absolute Gasteiger partial charge is 0.290 e. The van der Waals surface area contributed by atoms with Crippen LogP contribution in [0.3, 0.4) is 0 Å². The van der Waals surface area contributed by atoms with E-state index in [1.54, 1.807) is 18.3 Å². The summed E-state index contributed by atoms with van der Waals surface area (Å²) < 4.78 is 0. The van der Waals surface area contributed by atoms with E-state index in [-0.39, 0.29) is 11.1 Å². The number of piperidine rings is 1. The first-order valence-corrected chi connectivity index (χ1v) is 10.7. The van der Waals surface area contributed by atoms with Crippen molar-refractivity contribution >= 4 is 46.0 Å². The molecule has 2 saturated heterocycles. The molecule has 0 aliphatic carbocycles. The highest BCUT2D eigenvalue weighted by molar-refractivity contribution is 8.18. The van der Waals surface area contributed by atoms with Crippen LogP contribution in [0.25, 0.3) is 17.1 Å². The second-order valence-electron chi connectivity index (χ2n) is 7.49. The van der Waals surface area contributed by atoms with Crippen molar-refractivity contribution in [1.82, 2.24) is 25.3 Å². The molecule has 2 amide bonds. The van der Waals surface area contributed by atoms with Crippen LogP contribution in [-0.4, -0.2) is 44.2 Å². The topological polar surface area (TPSA) is 104 Å². The van der Waals surface area contributed by atoms with E-state index in [4.69, 9.17) is 4.98 Å². The third-order valence-electron chi connectivity index (χ3n) is 5.31. The van der Waals surface area contributed by atoms with Gasteiger partial charge in [-0.3, -0.25) is 14.9 Å². The average molecular weight is 420 g/mol. The molecular formula is C21H20N6O2S. The summed E-state index contributed by atoms with van der Waals surface area (Å²) in [6, 6.07) is 9.81. The number of nitrogens with one attached hydrogen (secondary N) is 2. The van der Waals surface area contributed by atoms with Gasteiger partial charge in [0, 0.05) is 25.7 Å². The van der Waals surface area contributed by atoms with Gasteiger partial charge in [-0.05, 0) is 54.8 Å². The number of anilines is 1. The predicted octanol–water partition coefficient (Wildman–Crippen LogP) is 3.14. The van der Waals surface area contributed by atoms with Gasteiger partial charge in [-0.1, -0.05) is 12.1 Å². The van der Waals surface area contributed by atoms with Crippen LogP contribution in [0, 0.1) is 5.92 Å². The molecule has 2 aromatic heterocycles. The van der Waals surface area contributed by atoms with Crippen LogP contribution in [0.4, 0.5) is 10.7 Å². The number of amides is 2. The lowest BCUT2D eigenvalue weighted by molar-refractivity contribution is -0.115. The number of thioether (sulfide) groups is 1. The van der Waals surface area contributed by atoms with Crippen molar-refractivity contribution in [3.63, 3.8) is 0 Å². The SMILES string of the molecule is O=C1NC(=O)C(=Cc2ccnc(N3CCCC(Cc4nc5ccccc5[nH]4)C3)n2)S1. The zero-order chi connectivity index (χ0) is 20.5. The number of aromatic nitrogens is 4. The van der Waals surface area contributed by atoms with E-state index in [0.717, 1.165) is 61.0 Å². The molecule has 1 aromatic carbocycles. The molecule has 2 fully saturated rings. The second-order valence-corrected chi connectivity index (χ2v) is 8.51. The van der Waals surface area contributed by atoms with Crippen molar-refractivity contribution in [3.8, 4) is 0 Å². The minimum atomic E-state index is -0.381. The highest BCUT2D eigenvalue weighted by Crippen LogP contribution is 2.27. The molecule has 5 rings (SSSR count). The van der Waals surface area contributed by atoms with E-state index < -0.39 is 0 Å². The first-order chi connectivity index (χ1) is 14.6. The lowest BCUT2D eigenvalue weighted by Gasteiger charge is -2.32. The third kappa shape index (κ3) is 3.93. The van der Waals surface area contributed by atoms with E-state index in [2.05, 4.69) is 25.2 Å². The number of hydrogen-bond acceptors (Lipinski definition) is 7. The number of benzene rings is 1.